The molecule has 0 aromatic carbocycles. The molecule has 0 radical (unpaired) electrons. The van der Waals surface area contributed by atoms with Crippen LogP contribution in [0.4, 0.5) is 0 Å². The van der Waals surface area contributed by atoms with Crippen molar-refractivity contribution in [2.24, 2.45) is 0 Å². The van der Waals surface area contributed by atoms with Crippen LogP contribution in [-0.2, 0) is 14.3 Å². The van der Waals surface area contributed by atoms with E-state index in [4.69, 9.17) is 5.11 Å². The first-order chi connectivity index (χ1) is 7.47. The van der Waals surface area contributed by atoms with E-state index in [0.29, 0.717) is 6.42 Å². The first-order valence-corrected chi connectivity index (χ1v) is 5.26. The maximum Gasteiger partial charge on any atom is 0.331 e. The Bertz CT molecular complexity index is 259. The number of aliphatic hydroxyl groups is 1. The molecular weight excluding hydrogens is 212 g/mol. The first kappa shape index (κ1) is 14.6. The number of aliphatic hydroxyl groups excluding tert-OH is 1. The maximum absolute atomic E-state index is 11.1. The predicted molar refractivity (Wildman–Crippen MR) is 57.6 cm³/mol. The number of aliphatic carboxylic acids is 1. The minimum Gasteiger partial charge on any atom is -0.478 e. The highest BCUT2D eigenvalue weighted by Gasteiger charge is 2.14. The molecule has 0 bridgehead atoms. The average Bonchev–Trinajstić information content (AvgIpc) is 2.17. The normalized spacial score (nSPS) is 11.9. The molecule has 2 N–H and O–H groups in total. The lowest BCUT2D eigenvalue weighted by Gasteiger charge is -2.11. The monoisotopic (exact) mass is 230 g/mol. The van der Waals surface area contributed by atoms with E-state index in [1.165, 1.54) is 0 Å². The van der Waals surface area contributed by atoms with E-state index in [0.717, 1.165) is 19.3 Å². The Morgan fingerprint density at radius 2 is 2.00 bits per heavy atom. The van der Waals surface area contributed by atoms with Gasteiger partial charge < -0.3 is 14.9 Å². The van der Waals surface area contributed by atoms with Gasteiger partial charge in [0.1, 0.15) is 0 Å². The number of hydrogen-bond acceptors (Lipinski definition) is 4. The summed E-state index contributed by atoms with van der Waals surface area (Å²) in [4.78, 5) is 21.5. The topological polar surface area (TPSA) is 83.8 Å². The molecule has 0 aliphatic heterocycles. The highest BCUT2D eigenvalue weighted by molar-refractivity contribution is 5.91. The number of esters is 1. The van der Waals surface area contributed by atoms with Gasteiger partial charge in [-0.2, -0.15) is 0 Å². The van der Waals surface area contributed by atoms with Gasteiger partial charge in [0.05, 0.1) is 6.42 Å². The quantitative estimate of drug-likeness (QED) is 0.285. The van der Waals surface area contributed by atoms with E-state index in [9.17, 15) is 14.7 Å². The Hall–Kier alpha value is -1.36. The molecular formula is C11H18O5. The SMILES string of the molecule is C=C(CC(=O)OC(O)CCCCC)C(=O)O. The molecule has 0 aliphatic rings. The summed E-state index contributed by atoms with van der Waals surface area (Å²) in [5, 5.41) is 17.7. The Morgan fingerprint density at radius 3 is 2.50 bits per heavy atom. The number of hydrogen-bond donors (Lipinski definition) is 2. The summed E-state index contributed by atoms with van der Waals surface area (Å²) in [5.41, 5.74) is -0.245. The fourth-order valence-corrected chi connectivity index (χ4v) is 1.07. The minimum absolute atomic E-state index is 0.245. The number of rotatable bonds is 8. The van der Waals surface area contributed by atoms with Crippen molar-refractivity contribution in [3.8, 4) is 0 Å². The molecule has 0 saturated carbocycles. The van der Waals surface area contributed by atoms with Crippen LogP contribution in [-0.4, -0.2) is 28.4 Å². The van der Waals surface area contributed by atoms with Crippen LogP contribution in [0.5, 0.6) is 0 Å². The van der Waals surface area contributed by atoms with Gasteiger partial charge in [-0.25, -0.2) is 4.79 Å². The average molecular weight is 230 g/mol. The Labute approximate surface area is 94.7 Å². The largest absolute Gasteiger partial charge is 0.478 e. The summed E-state index contributed by atoms with van der Waals surface area (Å²) in [6.07, 6.45) is 1.55. The second kappa shape index (κ2) is 7.87. The second-order valence-corrected chi connectivity index (χ2v) is 3.53. The van der Waals surface area contributed by atoms with Crippen LogP contribution >= 0.6 is 0 Å². The third kappa shape index (κ3) is 7.00. The van der Waals surface area contributed by atoms with Crippen LogP contribution in [0.1, 0.15) is 39.0 Å². The molecule has 0 spiro atoms. The lowest BCUT2D eigenvalue weighted by atomic mass is 10.2. The van der Waals surface area contributed by atoms with Gasteiger partial charge in [-0.05, 0) is 6.42 Å². The molecule has 0 aromatic rings. The number of unbranched alkanes of at least 4 members (excludes halogenated alkanes) is 2. The van der Waals surface area contributed by atoms with Crippen LogP contribution in [0, 0.1) is 0 Å². The second-order valence-electron chi connectivity index (χ2n) is 3.53. The molecule has 5 heteroatoms. The van der Waals surface area contributed by atoms with Gasteiger partial charge in [0.15, 0.2) is 0 Å². The molecule has 1 atom stereocenters. The molecule has 0 amide bonds. The van der Waals surface area contributed by atoms with Gasteiger partial charge in [-0.3, -0.25) is 4.79 Å². The van der Waals surface area contributed by atoms with Crippen molar-refractivity contribution in [2.45, 2.75) is 45.3 Å². The Morgan fingerprint density at radius 1 is 1.38 bits per heavy atom. The summed E-state index contributed by atoms with van der Waals surface area (Å²) < 4.78 is 4.61. The molecule has 0 aromatic heterocycles. The van der Waals surface area contributed by atoms with Crippen LogP contribution in [0.15, 0.2) is 12.2 Å². The molecule has 16 heavy (non-hydrogen) atoms. The fraction of sp³-hybridized carbons (Fsp3) is 0.636. The van der Waals surface area contributed by atoms with Gasteiger partial charge >= 0.3 is 11.9 Å². The third-order valence-electron chi connectivity index (χ3n) is 1.98. The molecule has 5 nitrogen and oxygen atoms in total. The summed E-state index contributed by atoms with van der Waals surface area (Å²) in [5.74, 6) is -2.01. The molecule has 0 heterocycles. The summed E-state index contributed by atoms with van der Waals surface area (Å²) >= 11 is 0. The van der Waals surface area contributed by atoms with Crippen molar-refractivity contribution < 1.29 is 24.5 Å². The Kier molecular flexibility index (Phi) is 7.20. The molecule has 1 unspecified atom stereocenters. The lowest BCUT2D eigenvalue weighted by Crippen LogP contribution is -2.19. The van der Waals surface area contributed by atoms with Crippen LogP contribution in [0.25, 0.3) is 0 Å². The zero-order valence-electron chi connectivity index (χ0n) is 9.44. The van der Waals surface area contributed by atoms with Crippen molar-refractivity contribution in [1.29, 1.82) is 0 Å². The number of carboxylic acids is 1. The zero-order chi connectivity index (χ0) is 12.6. The number of carbonyl (C=O) groups is 2. The zero-order valence-corrected chi connectivity index (χ0v) is 9.44. The number of carboxylic acid groups (broad SMARTS) is 1. The smallest absolute Gasteiger partial charge is 0.331 e. The number of carbonyl (C=O) groups excluding carboxylic acids is 1. The van der Waals surface area contributed by atoms with E-state index >= 15 is 0 Å². The first-order valence-electron chi connectivity index (χ1n) is 5.26. The highest BCUT2D eigenvalue weighted by atomic mass is 16.6. The van der Waals surface area contributed by atoms with Crippen molar-refractivity contribution >= 4 is 11.9 Å². The van der Waals surface area contributed by atoms with Gasteiger partial charge in [-0.15, -0.1) is 0 Å². The van der Waals surface area contributed by atoms with Crippen LogP contribution in [0.3, 0.4) is 0 Å². The maximum atomic E-state index is 11.1. The molecule has 0 rings (SSSR count). The van der Waals surface area contributed by atoms with Gasteiger partial charge in [0.25, 0.3) is 0 Å². The van der Waals surface area contributed by atoms with Crippen LogP contribution in [0.2, 0.25) is 0 Å². The Balaban J connectivity index is 3.78. The molecule has 0 fully saturated rings. The highest BCUT2D eigenvalue weighted by Crippen LogP contribution is 2.07. The third-order valence-corrected chi connectivity index (χ3v) is 1.98. The van der Waals surface area contributed by atoms with Crippen molar-refractivity contribution in [1.82, 2.24) is 0 Å². The molecule has 0 aliphatic carbocycles. The number of ether oxygens (including phenoxy) is 1. The van der Waals surface area contributed by atoms with E-state index in [2.05, 4.69) is 11.3 Å². The van der Waals surface area contributed by atoms with Gasteiger partial charge in [0, 0.05) is 12.0 Å². The van der Waals surface area contributed by atoms with Crippen molar-refractivity contribution in [2.75, 3.05) is 0 Å². The molecule has 0 saturated heterocycles. The minimum atomic E-state index is -1.24. The standard InChI is InChI=1S/C11H18O5/c1-3-4-5-6-9(12)16-10(13)7-8(2)11(14)15/h9,12H,2-7H2,1H3,(H,14,15). The van der Waals surface area contributed by atoms with E-state index < -0.39 is 24.6 Å². The predicted octanol–water partition coefficient (Wildman–Crippen LogP) is 1.46. The lowest BCUT2D eigenvalue weighted by molar-refractivity contribution is -0.168. The van der Waals surface area contributed by atoms with E-state index in [1.54, 1.807) is 0 Å². The van der Waals surface area contributed by atoms with E-state index in [-0.39, 0.29) is 5.57 Å². The van der Waals surface area contributed by atoms with Gasteiger partial charge in [-0.1, -0.05) is 26.3 Å². The van der Waals surface area contributed by atoms with Crippen LogP contribution < -0.4 is 0 Å². The van der Waals surface area contributed by atoms with Crippen molar-refractivity contribution in [3.63, 3.8) is 0 Å². The van der Waals surface area contributed by atoms with Crippen molar-refractivity contribution in [3.05, 3.63) is 12.2 Å². The van der Waals surface area contributed by atoms with Gasteiger partial charge in [0.2, 0.25) is 6.29 Å². The summed E-state index contributed by atoms with van der Waals surface area (Å²) in [6, 6.07) is 0. The van der Waals surface area contributed by atoms with E-state index in [1.807, 2.05) is 6.92 Å². The summed E-state index contributed by atoms with van der Waals surface area (Å²) in [7, 11) is 0. The fourth-order valence-electron chi connectivity index (χ4n) is 1.07. The summed E-state index contributed by atoms with van der Waals surface area (Å²) in [6.45, 7) is 5.22. The molecule has 92 valence electrons.